The van der Waals surface area contributed by atoms with E-state index in [0.717, 1.165) is 0 Å². The maximum atomic E-state index is 12.0. The summed E-state index contributed by atoms with van der Waals surface area (Å²) in [5, 5.41) is 0. The van der Waals surface area contributed by atoms with Crippen molar-refractivity contribution < 1.29 is 13.2 Å². The minimum Gasteiger partial charge on any atom is -0.338 e. The Morgan fingerprint density at radius 2 is 1.94 bits per heavy atom. The zero-order chi connectivity index (χ0) is 12.5. The highest BCUT2D eigenvalue weighted by Gasteiger charge is 2.32. The van der Waals surface area contributed by atoms with Gasteiger partial charge in [-0.05, 0) is 19.1 Å². The highest BCUT2D eigenvalue weighted by molar-refractivity contribution is 7.91. The van der Waals surface area contributed by atoms with Crippen LogP contribution in [-0.2, 0) is 14.6 Å². The SMILES string of the molecule is CC1CC(=O)N1CCS(=O)(=O)c1ccccc1. The molecule has 92 valence electrons. The topological polar surface area (TPSA) is 54.5 Å². The summed E-state index contributed by atoms with van der Waals surface area (Å²) in [6, 6.07) is 8.51. The Kier molecular flexibility index (Phi) is 3.19. The van der Waals surface area contributed by atoms with E-state index in [9.17, 15) is 13.2 Å². The molecule has 0 spiro atoms. The first-order valence-electron chi connectivity index (χ1n) is 5.58. The van der Waals surface area contributed by atoms with Crippen LogP contribution in [0.25, 0.3) is 0 Å². The number of β-lactam (4-membered cyclic amide) rings is 1. The van der Waals surface area contributed by atoms with E-state index in [1.165, 1.54) is 0 Å². The summed E-state index contributed by atoms with van der Waals surface area (Å²) in [6.45, 7) is 2.22. The smallest absolute Gasteiger partial charge is 0.224 e. The van der Waals surface area contributed by atoms with Gasteiger partial charge < -0.3 is 4.90 Å². The molecule has 0 bridgehead atoms. The van der Waals surface area contributed by atoms with Crippen LogP contribution in [0, 0.1) is 0 Å². The van der Waals surface area contributed by atoms with Crippen LogP contribution in [0.2, 0.25) is 0 Å². The Balaban J connectivity index is 2.02. The van der Waals surface area contributed by atoms with E-state index in [-0.39, 0.29) is 24.2 Å². The van der Waals surface area contributed by atoms with Gasteiger partial charge in [0.05, 0.1) is 10.6 Å². The molecule has 1 atom stereocenters. The van der Waals surface area contributed by atoms with Gasteiger partial charge in [0, 0.05) is 19.0 Å². The molecule has 2 rings (SSSR count). The molecule has 1 aliphatic heterocycles. The Hall–Kier alpha value is -1.36. The van der Waals surface area contributed by atoms with Gasteiger partial charge in [-0.3, -0.25) is 4.79 Å². The summed E-state index contributed by atoms with van der Waals surface area (Å²) in [5.74, 6) is 0.0355. The van der Waals surface area contributed by atoms with Gasteiger partial charge in [0.15, 0.2) is 9.84 Å². The Bertz CT molecular complexity index is 510. The molecule has 0 radical (unpaired) electrons. The fourth-order valence-electron chi connectivity index (χ4n) is 1.92. The average molecular weight is 253 g/mol. The van der Waals surface area contributed by atoms with Crippen molar-refractivity contribution in [3.63, 3.8) is 0 Å². The summed E-state index contributed by atoms with van der Waals surface area (Å²) in [4.78, 5) is 13.2. The van der Waals surface area contributed by atoms with Crippen LogP contribution in [0.5, 0.6) is 0 Å². The van der Waals surface area contributed by atoms with Gasteiger partial charge in [-0.1, -0.05) is 18.2 Å². The van der Waals surface area contributed by atoms with Gasteiger partial charge in [0.2, 0.25) is 5.91 Å². The summed E-state index contributed by atoms with van der Waals surface area (Å²) in [7, 11) is -3.27. The highest BCUT2D eigenvalue weighted by Crippen LogP contribution is 2.19. The molecular weight excluding hydrogens is 238 g/mol. The van der Waals surface area contributed by atoms with E-state index in [0.29, 0.717) is 11.3 Å². The van der Waals surface area contributed by atoms with E-state index in [1.807, 2.05) is 6.92 Å². The molecule has 1 amide bonds. The van der Waals surface area contributed by atoms with Gasteiger partial charge in [-0.2, -0.15) is 0 Å². The van der Waals surface area contributed by atoms with Gasteiger partial charge in [0.1, 0.15) is 0 Å². The first kappa shape index (κ1) is 12.1. The zero-order valence-corrected chi connectivity index (χ0v) is 10.5. The minimum absolute atomic E-state index is 0.00685. The Labute approximate surface area is 101 Å². The monoisotopic (exact) mass is 253 g/mol. The zero-order valence-electron chi connectivity index (χ0n) is 9.67. The number of rotatable bonds is 4. The van der Waals surface area contributed by atoms with E-state index < -0.39 is 9.84 Å². The molecule has 0 aromatic heterocycles. The number of carbonyl (C=O) groups is 1. The molecule has 1 aliphatic rings. The quantitative estimate of drug-likeness (QED) is 0.755. The molecule has 17 heavy (non-hydrogen) atoms. The predicted octanol–water partition coefficient (Wildman–Crippen LogP) is 1.08. The number of sulfone groups is 1. The van der Waals surface area contributed by atoms with Crippen molar-refractivity contribution in [2.24, 2.45) is 0 Å². The average Bonchev–Trinajstić information content (AvgIpc) is 2.30. The highest BCUT2D eigenvalue weighted by atomic mass is 32.2. The lowest BCUT2D eigenvalue weighted by atomic mass is 10.1. The van der Waals surface area contributed by atoms with Crippen molar-refractivity contribution >= 4 is 15.7 Å². The van der Waals surface area contributed by atoms with Crippen molar-refractivity contribution in [1.82, 2.24) is 4.90 Å². The lowest BCUT2D eigenvalue weighted by Crippen LogP contribution is -2.52. The molecule has 1 fully saturated rings. The van der Waals surface area contributed by atoms with Crippen LogP contribution in [0.4, 0.5) is 0 Å². The van der Waals surface area contributed by atoms with Crippen molar-refractivity contribution in [3.05, 3.63) is 30.3 Å². The first-order valence-corrected chi connectivity index (χ1v) is 7.23. The third-order valence-corrected chi connectivity index (χ3v) is 4.74. The first-order chi connectivity index (χ1) is 8.00. The van der Waals surface area contributed by atoms with Gasteiger partial charge in [-0.15, -0.1) is 0 Å². The predicted molar refractivity (Wildman–Crippen MR) is 64.3 cm³/mol. The molecule has 1 aromatic rings. The second kappa shape index (κ2) is 4.49. The summed E-state index contributed by atoms with van der Waals surface area (Å²) in [6.07, 6.45) is 0.533. The summed E-state index contributed by atoms with van der Waals surface area (Å²) < 4.78 is 23.9. The lowest BCUT2D eigenvalue weighted by Gasteiger charge is -2.38. The van der Waals surface area contributed by atoms with E-state index >= 15 is 0 Å². The molecule has 1 aromatic carbocycles. The fraction of sp³-hybridized carbons (Fsp3) is 0.417. The van der Waals surface area contributed by atoms with Crippen LogP contribution < -0.4 is 0 Å². The maximum absolute atomic E-state index is 12.0. The molecule has 0 saturated carbocycles. The molecule has 1 heterocycles. The normalized spacial score (nSPS) is 20.2. The molecule has 1 saturated heterocycles. The minimum atomic E-state index is -3.27. The number of hydrogen-bond acceptors (Lipinski definition) is 3. The molecule has 0 aliphatic carbocycles. The number of benzene rings is 1. The van der Waals surface area contributed by atoms with Crippen LogP contribution in [0.3, 0.4) is 0 Å². The second-order valence-corrected chi connectivity index (χ2v) is 6.38. The van der Waals surface area contributed by atoms with Crippen LogP contribution in [0.15, 0.2) is 35.2 Å². The standard InChI is InChI=1S/C12H15NO3S/c1-10-9-12(14)13(10)7-8-17(15,16)11-5-3-2-4-6-11/h2-6,10H,7-9H2,1H3. The van der Waals surface area contributed by atoms with Gasteiger partial charge >= 0.3 is 0 Å². The number of nitrogens with zero attached hydrogens (tertiary/aromatic N) is 1. The van der Waals surface area contributed by atoms with E-state index in [4.69, 9.17) is 0 Å². The van der Waals surface area contributed by atoms with Gasteiger partial charge in [-0.25, -0.2) is 8.42 Å². The van der Waals surface area contributed by atoms with Gasteiger partial charge in [0.25, 0.3) is 0 Å². The van der Waals surface area contributed by atoms with Crippen LogP contribution in [-0.4, -0.2) is 37.6 Å². The van der Waals surface area contributed by atoms with Crippen molar-refractivity contribution in [3.8, 4) is 0 Å². The largest absolute Gasteiger partial charge is 0.338 e. The van der Waals surface area contributed by atoms with E-state index in [2.05, 4.69) is 0 Å². The molecule has 1 unspecified atom stereocenters. The summed E-state index contributed by atoms with van der Waals surface area (Å²) >= 11 is 0. The molecular formula is C12H15NO3S. The third-order valence-electron chi connectivity index (χ3n) is 3.03. The number of likely N-dealkylation sites (tertiary alicyclic amines) is 1. The summed E-state index contributed by atoms with van der Waals surface area (Å²) in [5.41, 5.74) is 0. The fourth-order valence-corrected chi connectivity index (χ4v) is 3.17. The molecule has 5 heteroatoms. The van der Waals surface area contributed by atoms with Crippen molar-refractivity contribution in [2.75, 3.05) is 12.3 Å². The number of amides is 1. The molecule has 0 N–H and O–H groups in total. The van der Waals surface area contributed by atoms with Crippen LogP contribution in [0.1, 0.15) is 13.3 Å². The lowest BCUT2D eigenvalue weighted by molar-refractivity contribution is -0.144. The maximum Gasteiger partial charge on any atom is 0.224 e. The molecule has 4 nitrogen and oxygen atoms in total. The Morgan fingerprint density at radius 1 is 1.29 bits per heavy atom. The third kappa shape index (κ3) is 2.49. The van der Waals surface area contributed by atoms with E-state index in [1.54, 1.807) is 35.2 Å². The number of hydrogen-bond donors (Lipinski definition) is 0. The van der Waals surface area contributed by atoms with Crippen molar-refractivity contribution in [2.45, 2.75) is 24.3 Å². The Morgan fingerprint density at radius 3 is 2.47 bits per heavy atom. The van der Waals surface area contributed by atoms with Crippen LogP contribution >= 0.6 is 0 Å². The van der Waals surface area contributed by atoms with Crippen molar-refractivity contribution in [1.29, 1.82) is 0 Å². The number of carbonyl (C=O) groups excluding carboxylic acids is 1. The second-order valence-electron chi connectivity index (χ2n) is 4.27.